The first-order valence-electron chi connectivity index (χ1n) is 7.46. The molecule has 0 N–H and O–H groups in total. The van der Waals surface area contributed by atoms with Crippen LogP contribution >= 0.6 is 11.3 Å². The van der Waals surface area contributed by atoms with E-state index in [-0.39, 0.29) is 0 Å². The molecule has 3 nitrogen and oxygen atoms in total. The number of hydrogen-bond acceptors (Lipinski definition) is 4. The van der Waals surface area contributed by atoms with Crippen molar-refractivity contribution in [2.45, 2.75) is 0 Å². The number of aromatic nitrogens is 1. The number of hydrogen-bond donors (Lipinski definition) is 0. The minimum absolute atomic E-state index is 0.570. The standard InChI is InChI=1S/C20H12N2OS/c21-13-15(14-6-2-1-3-7-14)12-16-10-11-18(23-16)20-22-17-8-4-5-9-19(17)24-20/h1-12H/b15-12+. The smallest absolute Gasteiger partial charge is 0.163 e. The van der Waals surface area contributed by atoms with Gasteiger partial charge in [0.15, 0.2) is 10.8 Å². The molecule has 24 heavy (non-hydrogen) atoms. The molecule has 0 fully saturated rings. The van der Waals surface area contributed by atoms with Gasteiger partial charge in [-0.15, -0.1) is 11.3 Å². The number of thiazole rings is 1. The van der Waals surface area contributed by atoms with Crippen LogP contribution < -0.4 is 0 Å². The maximum atomic E-state index is 9.39. The molecule has 0 saturated carbocycles. The third kappa shape index (κ3) is 2.73. The lowest BCUT2D eigenvalue weighted by molar-refractivity contribution is 0.571. The average Bonchev–Trinajstić information content (AvgIpc) is 3.27. The van der Waals surface area contributed by atoms with Gasteiger partial charge in [-0.25, -0.2) is 4.98 Å². The van der Waals surface area contributed by atoms with E-state index in [0.717, 1.165) is 20.8 Å². The first-order valence-corrected chi connectivity index (χ1v) is 8.28. The molecule has 0 unspecified atom stereocenters. The van der Waals surface area contributed by atoms with Crippen molar-refractivity contribution in [3.63, 3.8) is 0 Å². The van der Waals surface area contributed by atoms with Crippen molar-refractivity contribution >= 4 is 33.2 Å². The lowest BCUT2D eigenvalue weighted by Crippen LogP contribution is -1.79. The topological polar surface area (TPSA) is 49.8 Å². The van der Waals surface area contributed by atoms with E-state index in [1.807, 2.05) is 66.7 Å². The van der Waals surface area contributed by atoms with E-state index in [4.69, 9.17) is 4.42 Å². The number of rotatable bonds is 3. The number of nitrogens with zero attached hydrogens (tertiary/aromatic N) is 2. The van der Waals surface area contributed by atoms with Gasteiger partial charge in [0.25, 0.3) is 0 Å². The van der Waals surface area contributed by atoms with Crippen LogP contribution in [0.15, 0.2) is 71.1 Å². The molecule has 0 spiro atoms. The fourth-order valence-electron chi connectivity index (χ4n) is 2.46. The van der Waals surface area contributed by atoms with Gasteiger partial charge in [-0.2, -0.15) is 5.26 Å². The summed E-state index contributed by atoms with van der Waals surface area (Å²) in [7, 11) is 0. The predicted octanol–water partition coefficient (Wildman–Crippen LogP) is 5.62. The highest BCUT2D eigenvalue weighted by atomic mass is 32.1. The highest BCUT2D eigenvalue weighted by molar-refractivity contribution is 7.21. The Balaban J connectivity index is 1.69. The Morgan fingerprint density at radius 1 is 1.00 bits per heavy atom. The van der Waals surface area contributed by atoms with E-state index < -0.39 is 0 Å². The summed E-state index contributed by atoms with van der Waals surface area (Å²) < 4.78 is 7.00. The van der Waals surface area contributed by atoms with Crippen LogP contribution in [0.3, 0.4) is 0 Å². The van der Waals surface area contributed by atoms with Crippen LogP contribution in [0.4, 0.5) is 0 Å². The molecular weight excluding hydrogens is 316 g/mol. The van der Waals surface area contributed by atoms with Crippen LogP contribution in [0, 0.1) is 11.3 Å². The summed E-state index contributed by atoms with van der Waals surface area (Å²) in [5.41, 5.74) is 2.41. The van der Waals surface area contributed by atoms with E-state index in [9.17, 15) is 5.26 Å². The number of para-hydroxylation sites is 1. The van der Waals surface area contributed by atoms with Crippen LogP contribution in [0.25, 0.3) is 32.6 Å². The average molecular weight is 328 g/mol. The Bertz CT molecular complexity index is 1030. The number of furan rings is 1. The first kappa shape index (κ1) is 14.4. The van der Waals surface area contributed by atoms with Gasteiger partial charge in [0.1, 0.15) is 5.76 Å². The molecule has 0 atom stereocenters. The normalized spacial score (nSPS) is 11.5. The Morgan fingerprint density at radius 2 is 1.79 bits per heavy atom. The lowest BCUT2D eigenvalue weighted by atomic mass is 10.1. The van der Waals surface area contributed by atoms with Crippen molar-refractivity contribution < 1.29 is 4.42 Å². The van der Waals surface area contributed by atoms with E-state index in [2.05, 4.69) is 11.1 Å². The number of nitriles is 1. The quantitative estimate of drug-likeness (QED) is 0.459. The van der Waals surface area contributed by atoms with E-state index in [0.29, 0.717) is 17.1 Å². The second-order valence-electron chi connectivity index (χ2n) is 5.22. The van der Waals surface area contributed by atoms with Crippen molar-refractivity contribution in [3.8, 4) is 16.8 Å². The lowest BCUT2D eigenvalue weighted by Gasteiger charge is -1.97. The molecule has 4 rings (SSSR count). The molecule has 0 aliphatic heterocycles. The number of fused-ring (bicyclic) bond motifs is 1. The fraction of sp³-hybridized carbons (Fsp3) is 0. The number of allylic oxidation sites excluding steroid dienone is 1. The molecule has 2 aromatic carbocycles. The molecule has 4 aromatic rings. The maximum Gasteiger partial charge on any atom is 0.163 e. The zero-order valence-electron chi connectivity index (χ0n) is 12.6. The van der Waals surface area contributed by atoms with E-state index >= 15 is 0 Å². The van der Waals surface area contributed by atoms with Gasteiger partial charge in [0.2, 0.25) is 0 Å². The molecule has 2 aromatic heterocycles. The summed E-state index contributed by atoms with van der Waals surface area (Å²) in [6.45, 7) is 0. The highest BCUT2D eigenvalue weighted by Gasteiger charge is 2.10. The zero-order valence-corrected chi connectivity index (χ0v) is 13.5. The van der Waals surface area contributed by atoms with Crippen LogP contribution in [-0.2, 0) is 0 Å². The van der Waals surface area contributed by atoms with Gasteiger partial charge in [0.05, 0.1) is 21.9 Å². The van der Waals surface area contributed by atoms with Crippen LogP contribution in [-0.4, -0.2) is 4.98 Å². The van der Waals surface area contributed by atoms with E-state index in [1.54, 1.807) is 17.4 Å². The second-order valence-corrected chi connectivity index (χ2v) is 6.26. The van der Waals surface area contributed by atoms with Gasteiger partial charge in [0, 0.05) is 0 Å². The van der Waals surface area contributed by atoms with Crippen LogP contribution in [0.2, 0.25) is 0 Å². The second kappa shape index (κ2) is 6.15. The molecule has 0 saturated heterocycles. The highest BCUT2D eigenvalue weighted by Crippen LogP contribution is 2.31. The third-order valence-corrected chi connectivity index (χ3v) is 4.67. The summed E-state index contributed by atoms with van der Waals surface area (Å²) >= 11 is 1.59. The Morgan fingerprint density at radius 3 is 2.58 bits per heavy atom. The molecule has 114 valence electrons. The van der Waals surface area contributed by atoms with Crippen molar-refractivity contribution in [2.75, 3.05) is 0 Å². The van der Waals surface area contributed by atoms with Gasteiger partial charge < -0.3 is 4.42 Å². The third-order valence-electron chi connectivity index (χ3n) is 3.62. The van der Waals surface area contributed by atoms with Crippen molar-refractivity contribution in [3.05, 3.63) is 78.1 Å². The first-order chi connectivity index (χ1) is 11.8. The largest absolute Gasteiger partial charge is 0.454 e. The van der Waals surface area contributed by atoms with Gasteiger partial charge >= 0.3 is 0 Å². The molecule has 0 aliphatic carbocycles. The SMILES string of the molecule is N#C/C(=C\c1ccc(-c2nc3ccccc3s2)o1)c1ccccc1. The molecular formula is C20H12N2OS. The zero-order chi connectivity index (χ0) is 16.4. The van der Waals surface area contributed by atoms with Gasteiger partial charge in [-0.1, -0.05) is 42.5 Å². The van der Waals surface area contributed by atoms with Crippen LogP contribution in [0.1, 0.15) is 11.3 Å². The Labute approximate surface area is 143 Å². The number of benzene rings is 2. The molecule has 4 heteroatoms. The minimum Gasteiger partial charge on any atom is -0.454 e. The fourth-order valence-corrected chi connectivity index (χ4v) is 3.39. The van der Waals surface area contributed by atoms with Crippen molar-refractivity contribution in [1.29, 1.82) is 5.26 Å². The summed E-state index contributed by atoms with van der Waals surface area (Å²) in [4.78, 5) is 4.59. The molecule has 0 bridgehead atoms. The molecule has 0 amide bonds. The molecule has 0 radical (unpaired) electrons. The monoisotopic (exact) mass is 328 g/mol. The van der Waals surface area contributed by atoms with Gasteiger partial charge in [-0.3, -0.25) is 0 Å². The maximum absolute atomic E-state index is 9.39. The summed E-state index contributed by atoms with van der Waals surface area (Å²) in [5.74, 6) is 1.36. The minimum atomic E-state index is 0.570. The molecule has 2 heterocycles. The van der Waals surface area contributed by atoms with Crippen molar-refractivity contribution in [1.82, 2.24) is 4.98 Å². The van der Waals surface area contributed by atoms with Crippen molar-refractivity contribution in [2.24, 2.45) is 0 Å². The summed E-state index contributed by atoms with van der Waals surface area (Å²) in [5, 5.41) is 10.2. The van der Waals surface area contributed by atoms with Gasteiger partial charge in [-0.05, 0) is 35.9 Å². The predicted molar refractivity (Wildman–Crippen MR) is 97.2 cm³/mol. The Hall–Kier alpha value is -3.16. The summed E-state index contributed by atoms with van der Waals surface area (Å²) in [6, 6.07) is 23.6. The molecule has 0 aliphatic rings. The summed E-state index contributed by atoms with van der Waals surface area (Å²) in [6.07, 6.45) is 1.76. The Kier molecular flexibility index (Phi) is 3.70. The van der Waals surface area contributed by atoms with Crippen LogP contribution in [0.5, 0.6) is 0 Å². The van der Waals surface area contributed by atoms with E-state index in [1.165, 1.54) is 0 Å².